The third kappa shape index (κ3) is 4.75. The van der Waals surface area contributed by atoms with E-state index in [1.165, 1.54) is 5.56 Å². The van der Waals surface area contributed by atoms with Gasteiger partial charge in [-0.05, 0) is 45.8 Å². The quantitative estimate of drug-likeness (QED) is 0.496. The second-order valence-electron chi connectivity index (χ2n) is 9.19. The average molecular weight is 376 g/mol. The molecule has 0 spiro atoms. The Morgan fingerprint density at radius 2 is 1.63 bits per heavy atom. The number of pyridine rings is 1. The van der Waals surface area contributed by atoms with Gasteiger partial charge < -0.3 is 0 Å². The van der Waals surface area contributed by atoms with Gasteiger partial charge in [-0.25, -0.2) is 0 Å². The Balaban J connectivity index is 2.20. The van der Waals surface area contributed by atoms with Crippen LogP contribution in [0.25, 0.3) is 11.3 Å². The van der Waals surface area contributed by atoms with Crippen molar-refractivity contribution in [3.05, 3.63) is 83.6 Å². The molecule has 0 saturated carbocycles. The fourth-order valence-corrected chi connectivity index (χ4v) is 4.53. The molecule has 0 unspecified atom stereocenters. The SMILES string of the molecule is [2H]C([2H])(c1ccccc1)c1cc(-c2cccc(C(C)(C)C)c2)ncc1[Si](C)(C)C. The molecular formula is C25H31NSi. The molecule has 0 amide bonds. The van der Waals surface area contributed by atoms with Gasteiger partial charge >= 0.3 is 0 Å². The zero-order valence-corrected chi connectivity index (χ0v) is 18.3. The van der Waals surface area contributed by atoms with Gasteiger partial charge in [0.15, 0.2) is 0 Å². The summed E-state index contributed by atoms with van der Waals surface area (Å²) in [7, 11) is -1.79. The van der Waals surface area contributed by atoms with Crippen molar-refractivity contribution in [1.29, 1.82) is 0 Å². The minimum Gasteiger partial charge on any atom is -0.256 e. The monoisotopic (exact) mass is 375 g/mol. The van der Waals surface area contributed by atoms with E-state index in [-0.39, 0.29) is 5.41 Å². The molecule has 0 N–H and O–H groups in total. The van der Waals surface area contributed by atoms with E-state index in [0.29, 0.717) is 5.56 Å². The summed E-state index contributed by atoms with van der Waals surface area (Å²) < 4.78 is 18.0. The molecule has 1 nitrogen and oxygen atoms in total. The maximum atomic E-state index is 8.99. The summed E-state index contributed by atoms with van der Waals surface area (Å²) in [5.74, 6) is 0. The van der Waals surface area contributed by atoms with E-state index in [4.69, 9.17) is 7.73 Å². The van der Waals surface area contributed by atoms with Crippen LogP contribution in [0.2, 0.25) is 19.6 Å². The molecular weight excluding hydrogens is 342 g/mol. The third-order valence-electron chi connectivity index (χ3n) is 4.79. The summed E-state index contributed by atoms with van der Waals surface area (Å²) >= 11 is 0. The lowest BCUT2D eigenvalue weighted by Crippen LogP contribution is -2.40. The molecule has 1 heterocycles. The largest absolute Gasteiger partial charge is 0.256 e. The van der Waals surface area contributed by atoms with Crippen LogP contribution in [-0.4, -0.2) is 13.1 Å². The topological polar surface area (TPSA) is 12.9 Å². The molecule has 0 fully saturated rings. The van der Waals surface area contributed by atoms with Crippen LogP contribution >= 0.6 is 0 Å². The van der Waals surface area contributed by atoms with Crippen molar-refractivity contribution in [2.45, 2.75) is 52.2 Å². The van der Waals surface area contributed by atoms with Crippen LogP contribution in [0.4, 0.5) is 0 Å². The Kier molecular flexibility index (Phi) is 4.67. The maximum absolute atomic E-state index is 8.99. The second-order valence-corrected chi connectivity index (χ2v) is 14.2. The van der Waals surface area contributed by atoms with Crippen molar-refractivity contribution in [3.8, 4) is 11.3 Å². The zero-order chi connectivity index (χ0) is 21.4. The fourth-order valence-electron chi connectivity index (χ4n) is 3.14. The average Bonchev–Trinajstić information content (AvgIpc) is 2.67. The molecule has 1 aromatic heterocycles. The highest BCUT2D eigenvalue weighted by Crippen LogP contribution is 2.27. The van der Waals surface area contributed by atoms with E-state index in [0.717, 1.165) is 22.0 Å². The van der Waals surface area contributed by atoms with Crippen molar-refractivity contribution >= 4 is 13.3 Å². The normalized spacial score (nSPS) is 13.9. The predicted octanol–water partition coefficient (Wildman–Crippen LogP) is 6.18. The summed E-state index contributed by atoms with van der Waals surface area (Å²) in [4.78, 5) is 4.77. The Bertz CT molecular complexity index is 999. The minimum absolute atomic E-state index is 0.0513. The molecule has 0 radical (unpaired) electrons. The molecule has 2 heteroatoms. The van der Waals surface area contributed by atoms with Crippen LogP contribution in [0.3, 0.4) is 0 Å². The van der Waals surface area contributed by atoms with Gasteiger partial charge in [-0.2, -0.15) is 0 Å². The van der Waals surface area contributed by atoms with E-state index in [1.54, 1.807) is 0 Å². The standard InChI is InChI=1S/C25H31NSi/c1-25(2,3)22-14-10-13-20(16-22)23-17-21(15-19-11-8-7-9-12-19)24(18-26-23)27(4,5)6/h7-14,16-18H,15H2,1-6H3/i15D2. The predicted molar refractivity (Wildman–Crippen MR) is 121 cm³/mol. The van der Waals surface area contributed by atoms with Crippen molar-refractivity contribution in [2.24, 2.45) is 0 Å². The summed E-state index contributed by atoms with van der Waals surface area (Å²) in [6, 6.07) is 19.9. The van der Waals surface area contributed by atoms with Crippen LogP contribution in [0.5, 0.6) is 0 Å². The summed E-state index contributed by atoms with van der Waals surface area (Å²) in [5.41, 5.74) is 4.58. The third-order valence-corrected chi connectivity index (χ3v) is 6.80. The van der Waals surface area contributed by atoms with Gasteiger partial charge in [0, 0.05) is 14.5 Å². The molecule has 2 aromatic carbocycles. The van der Waals surface area contributed by atoms with Crippen molar-refractivity contribution in [3.63, 3.8) is 0 Å². The first kappa shape index (κ1) is 16.9. The summed E-state index contributed by atoms with van der Waals surface area (Å²) in [6.45, 7) is 13.3. The van der Waals surface area contributed by atoms with Crippen molar-refractivity contribution in [2.75, 3.05) is 0 Å². The van der Waals surface area contributed by atoms with Gasteiger partial charge in [0.1, 0.15) is 0 Å². The number of nitrogens with zero attached hydrogens (tertiary/aromatic N) is 1. The van der Waals surface area contributed by atoms with Crippen molar-refractivity contribution in [1.82, 2.24) is 4.98 Å². The first-order chi connectivity index (χ1) is 13.4. The first-order valence-corrected chi connectivity index (χ1v) is 13.1. The van der Waals surface area contributed by atoms with E-state index in [9.17, 15) is 0 Å². The molecule has 0 bridgehead atoms. The lowest BCUT2D eigenvalue weighted by Gasteiger charge is -2.22. The summed E-state index contributed by atoms with van der Waals surface area (Å²) in [5, 5.41) is 1.07. The van der Waals surface area contributed by atoms with Gasteiger partial charge in [0.05, 0.1) is 13.8 Å². The maximum Gasteiger partial charge on any atom is 0.0799 e. The molecule has 3 rings (SSSR count). The zero-order valence-electron chi connectivity index (χ0n) is 19.3. The van der Waals surface area contributed by atoms with Gasteiger partial charge in [0.2, 0.25) is 0 Å². The Labute approximate surface area is 168 Å². The molecule has 0 atom stereocenters. The van der Waals surface area contributed by atoms with E-state index >= 15 is 0 Å². The van der Waals surface area contributed by atoms with Crippen LogP contribution < -0.4 is 5.19 Å². The minimum atomic E-state index is -1.79. The number of rotatable bonds is 4. The lowest BCUT2D eigenvalue weighted by atomic mass is 9.86. The number of hydrogen-bond donors (Lipinski definition) is 0. The highest BCUT2D eigenvalue weighted by atomic mass is 28.3. The van der Waals surface area contributed by atoms with Crippen LogP contribution in [0.1, 0.15) is 40.2 Å². The molecule has 27 heavy (non-hydrogen) atoms. The smallest absolute Gasteiger partial charge is 0.0799 e. The molecule has 0 aliphatic carbocycles. The van der Waals surface area contributed by atoms with E-state index in [1.807, 2.05) is 42.6 Å². The van der Waals surface area contributed by atoms with Gasteiger partial charge in [-0.15, -0.1) is 0 Å². The van der Waals surface area contributed by atoms with E-state index in [2.05, 4.69) is 64.7 Å². The Morgan fingerprint density at radius 3 is 2.26 bits per heavy atom. The fraction of sp³-hybridized carbons (Fsp3) is 0.320. The highest BCUT2D eigenvalue weighted by Gasteiger charge is 2.22. The van der Waals surface area contributed by atoms with Crippen LogP contribution in [-0.2, 0) is 11.8 Å². The number of hydrogen-bond acceptors (Lipinski definition) is 1. The molecule has 0 saturated heterocycles. The van der Waals surface area contributed by atoms with Gasteiger partial charge in [-0.1, -0.05) is 88.9 Å². The second kappa shape index (κ2) is 7.44. The molecule has 3 aromatic rings. The van der Waals surface area contributed by atoms with Gasteiger partial charge in [0.25, 0.3) is 0 Å². The molecule has 0 aliphatic rings. The van der Waals surface area contributed by atoms with E-state index < -0.39 is 14.4 Å². The lowest BCUT2D eigenvalue weighted by molar-refractivity contribution is 0.590. The molecule has 0 aliphatic heterocycles. The highest BCUT2D eigenvalue weighted by molar-refractivity contribution is 6.89. The Hall–Kier alpha value is -2.19. The van der Waals surface area contributed by atoms with Gasteiger partial charge in [-0.3, -0.25) is 4.98 Å². The number of benzene rings is 2. The number of aromatic nitrogens is 1. The van der Waals surface area contributed by atoms with Crippen LogP contribution in [0, 0.1) is 0 Å². The first-order valence-electron chi connectivity index (χ1n) is 10.6. The summed E-state index contributed by atoms with van der Waals surface area (Å²) in [6.07, 6.45) is 0.345. The van der Waals surface area contributed by atoms with Crippen LogP contribution in [0.15, 0.2) is 66.9 Å². The molecule has 140 valence electrons. The van der Waals surface area contributed by atoms with Crippen molar-refractivity contribution < 1.29 is 2.74 Å². The Morgan fingerprint density at radius 1 is 0.926 bits per heavy atom.